The van der Waals surface area contributed by atoms with Crippen LogP contribution in [0.1, 0.15) is 32.9 Å². The minimum atomic E-state index is -0.0372. The third-order valence-corrected chi connectivity index (χ3v) is 5.30. The molecule has 0 fully saturated rings. The predicted molar refractivity (Wildman–Crippen MR) is 123 cm³/mol. The van der Waals surface area contributed by atoms with E-state index in [4.69, 9.17) is 4.74 Å². The average molecular weight is 427 g/mol. The van der Waals surface area contributed by atoms with Gasteiger partial charge >= 0.3 is 0 Å². The molecule has 4 aromatic rings. The number of rotatable bonds is 8. The standard InChI is InChI=1S/C26H26N4O2/c1-20-8-10-23(11-9-20)26(31)30(18-22-6-4-12-27-16-22)19-25-28-13-14-29(25)17-21-5-3-7-24(15-21)32-2/h3-16H,17-19H2,1-2H3. The van der Waals surface area contributed by atoms with Crippen LogP contribution in [0.25, 0.3) is 0 Å². The molecule has 4 rings (SSSR count). The van der Waals surface area contributed by atoms with Crippen molar-refractivity contribution in [2.45, 2.75) is 26.6 Å². The Morgan fingerprint density at radius 2 is 1.81 bits per heavy atom. The molecule has 2 aromatic carbocycles. The Kier molecular flexibility index (Phi) is 6.60. The van der Waals surface area contributed by atoms with Crippen LogP contribution in [0.3, 0.4) is 0 Å². The Labute approximate surface area is 188 Å². The van der Waals surface area contributed by atoms with Crippen LogP contribution in [0, 0.1) is 6.92 Å². The number of nitrogens with zero attached hydrogens (tertiary/aromatic N) is 4. The molecule has 6 nitrogen and oxygen atoms in total. The van der Waals surface area contributed by atoms with Gasteiger partial charge in [-0.05, 0) is 48.4 Å². The molecular formula is C26H26N4O2. The van der Waals surface area contributed by atoms with Crippen LogP contribution >= 0.6 is 0 Å². The Morgan fingerprint density at radius 1 is 1.00 bits per heavy atom. The van der Waals surface area contributed by atoms with Crippen LogP contribution in [0.2, 0.25) is 0 Å². The van der Waals surface area contributed by atoms with Crippen molar-refractivity contribution in [3.05, 3.63) is 114 Å². The summed E-state index contributed by atoms with van der Waals surface area (Å²) in [6.07, 6.45) is 7.23. The number of benzene rings is 2. The summed E-state index contributed by atoms with van der Waals surface area (Å²) in [7, 11) is 1.66. The molecule has 0 saturated heterocycles. The van der Waals surface area contributed by atoms with Gasteiger partial charge in [-0.2, -0.15) is 0 Å². The van der Waals surface area contributed by atoms with E-state index >= 15 is 0 Å². The molecule has 162 valence electrons. The van der Waals surface area contributed by atoms with Crippen LogP contribution in [0.4, 0.5) is 0 Å². The molecule has 0 aliphatic carbocycles. The molecule has 0 aliphatic rings. The number of pyridine rings is 1. The molecule has 0 spiro atoms. The van der Waals surface area contributed by atoms with Crippen molar-refractivity contribution in [1.29, 1.82) is 0 Å². The molecule has 0 aliphatic heterocycles. The summed E-state index contributed by atoms with van der Waals surface area (Å²) in [6, 6.07) is 19.5. The number of carbonyl (C=O) groups excluding carboxylic acids is 1. The lowest BCUT2D eigenvalue weighted by Gasteiger charge is -2.23. The first-order valence-corrected chi connectivity index (χ1v) is 10.5. The average Bonchev–Trinajstić information content (AvgIpc) is 3.26. The molecule has 1 amide bonds. The monoisotopic (exact) mass is 426 g/mol. The van der Waals surface area contributed by atoms with Crippen molar-refractivity contribution < 1.29 is 9.53 Å². The van der Waals surface area contributed by atoms with Gasteiger partial charge in [0, 0.05) is 43.4 Å². The van der Waals surface area contributed by atoms with E-state index < -0.39 is 0 Å². The highest BCUT2D eigenvalue weighted by atomic mass is 16.5. The number of hydrogen-bond acceptors (Lipinski definition) is 4. The van der Waals surface area contributed by atoms with Crippen LogP contribution < -0.4 is 4.74 Å². The van der Waals surface area contributed by atoms with Crippen LogP contribution in [0.5, 0.6) is 5.75 Å². The minimum absolute atomic E-state index is 0.0372. The van der Waals surface area contributed by atoms with E-state index in [2.05, 4.69) is 20.6 Å². The van der Waals surface area contributed by atoms with E-state index in [1.54, 1.807) is 25.7 Å². The summed E-state index contributed by atoms with van der Waals surface area (Å²) in [6.45, 7) is 3.49. The Balaban J connectivity index is 1.59. The van der Waals surface area contributed by atoms with Gasteiger partial charge < -0.3 is 14.2 Å². The molecule has 2 heterocycles. The first kappa shape index (κ1) is 21.3. The summed E-state index contributed by atoms with van der Waals surface area (Å²) >= 11 is 0. The fourth-order valence-corrected chi connectivity index (χ4v) is 3.56. The summed E-state index contributed by atoms with van der Waals surface area (Å²) in [5, 5.41) is 0. The number of ether oxygens (including phenoxy) is 1. The highest BCUT2D eigenvalue weighted by Gasteiger charge is 2.19. The molecule has 0 bridgehead atoms. The summed E-state index contributed by atoms with van der Waals surface area (Å²) in [5.74, 6) is 1.60. The Hall–Kier alpha value is -3.93. The number of carbonyl (C=O) groups is 1. The largest absolute Gasteiger partial charge is 0.497 e. The van der Waals surface area contributed by atoms with Crippen molar-refractivity contribution in [2.24, 2.45) is 0 Å². The van der Waals surface area contributed by atoms with Gasteiger partial charge in [0.1, 0.15) is 11.6 Å². The van der Waals surface area contributed by atoms with Gasteiger partial charge in [0.25, 0.3) is 5.91 Å². The molecule has 0 radical (unpaired) electrons. The van der Waals surface area contributed by atoms with Crippen LogP contribution in [-0.4, -0.2) is 32.5 Å². The molecule has 0 N–H and O–H groups in total. The number of imidazole rings is 1. The van der Waals surface area contributed by atoms with Gasteiger partial charge in [0.15, 0.2) is 0 Å². The van der Waals surface area contributed by atoms with E-state index in [0.717, 1.165) is 28.3 Å². The number of methoxy groups -OCH3 is 1. The Bertz CT molecular complexity index is 1170. The number of hydrogen-bond donors (Lipinski definition) is 0. The lowest BCUT2D eigenvalue weighted by molar-refractivity contribution is 0.0723. The molecular weight excluding hydrogens is 400 g/mol. The molecule has 32 heavy (non-hydrogen) atoms. The maximum Gasteiger partial charge on any atom is 0.254 e. The highest BCUT2D eigenvalue weighted by molar-refractivity contribution is 5.94. The molecule has 0 saturated carbocycles. The van der Waals surface area contributed by atoms with Crippen molar-refractivity contribution in [1.82, 2.24) is 19.4 Å². The predicted octanol–water partition coefficient (Wildman–Crippen LogP) is 4.49. The topological polar surface area (TPSA) is 60.2 Å². The molecule has 0 atom stereocenters. The fraction of sp³-hybridized carbons (Fsp3) is 0.192. The van der Waals surface area contributed by atoms with Crippen LogP contribution in [-0.2, 0) is 19.6 Å². The quantitative estimate of drug-likeness (QED) is 0.417. The lowest BCUT2D eigenvalue weighted by Crippen LogP contribution is -2.31. The summed E-state index contributed by atoms with van der Waals surface area (Å²) in [5.41, 5.74) is 3.85. The van der Waals surface area contributed by atoms with Gasteiger partial charge in [0.2, 0.25) is 0 Å². The maximum atomic E-state index is 13.4. The number of aromatic nitrogens is 3. The first-order chi connectivity index (χ1) is 15.6. The number of aryl methyl sites for hydroxylation is 1. The van der Waals surface area contributed by atoms with Crippen molar-refractivity contribution in [3.63, 3.8) is 0 Å². The van der Waals surface area contributed by atoms with Crippen LogP contribution in [0.15, 0.2) is 85.5 Å². The second-order valence-corrected chi connectivity index (χ2v) is 7.71. The van der Waals surface area contributed by atoms with Crippen molar-refractivity contribution >= 4 is 5.91 Å². The fourth-order valence-electron chi connectivity index (χ4n) is 3.56. The first-order valence-electron chi connectivity index (χ1n) is 10.5. The zero-order chi connectivity index (χ0) is 22.3. The van der Waals surface area contributed by atoms with E-state index in [0.29, 0.717) is 25.2 Å². The van der Waals surface area contributed by atoms with Gasteiger partial charge in [-0.25, -0.2) is 4.98 Å². The second-order valence-electron chi connectivity index (χ2n) is 7.71. The highest BCUT2D eigenvalue weighted by Crippen LogP contribution is 2.17. The minimum Gasteiger partial charge on any atom is -0.497 e. The third-order valence-electron chi connectivity index (χ3n) is 5.30. The molecule has 6 heteroatoms. The molecule has 2 aromatic heterocycles. The maximum absolute atomic E-state index is 13.4. The lowest BCUT2D eigenvalue weighted by atomic mass is 10.1. The molecule has 0 unspecified atom stereocenters. The van der Waals surface area contributed by atoms with Crippen molar-refractivity contribution in [2.75, 3.05) is 7.11 Å². The SMILES string of the molecule is COc1cccc(Cn2ccnc2CN(Cc2cccnc2)C(=O)c2ccc(C)cc2)c1. The third kappa shape index (κ3) is 5.21. The zero-order valence-electron chi connectivity index (χ0n) is 18.3. The summed E-state index contributed by atoms with van der Waals surface area (Å²) < 4.78 is 7.40. The van der Waals surface area contributed by atoms with Crippen molar-refractivity contribution in [3.8, 4) is 5.75 Å². The number of amides is 1. The van der Waals surface area contributed by atoms with Gasteiger partial charge in [-0.3, -0.25) is 9.78 Å². The van der Waals surface area contributed by atoms with E-state index in [1.807, 2.05) is 72.6 Å². The second kappa shape index (κ2) is 9.92. The van der Waals surface area contributed by atoms with Gasteiger partial charge in [-0.15, -0.1) is 0 Å². The normalized spacial score (nSPS) is 10.7. The summed E-state index contributed by atoms with van der Waals surface area (Å²) in [4.78, 5) is 23.9. The van der Waals surface area contributed by atoms with Gasteiger partial charge in [0.05, 0.1) is 13.7 Å². The van der Waals surface area contributed by atoms with E-state index in [1.165, 1.54) is 0 Å². The van der Waals surface area contributed by atoms with E-state index in [9.17, 15) is 4.79 Å². The Morgan fingerprint density at radius 3 is 2.56 bits per heavy atom. The smallest absolute Gasteiger partial charge is 0.254 e. The zero-order valence-corrected chi connectivity index (χ0v) is 18.3. The van der Waals surface area contributed by atoms with E-state index in [-0.39, 0.29) is 5.91 Å². The van der Waals surface area contributed by atoms with Gasteiger partial charge in [-0.1, -0.05) is 35.9 Å².